The fourth-order valence-electron chi connectivity index (χ4n) is 1.91. The Morgan fingerprint density at radius 3 is 2.74 bits per heavy atom. The molecule has 0 saturated carbocycles. The molecule has 0 aliphatic heterocycles. The van der Waals surface area contributed by atoms with Gasteiger partial charge in [-0.2, -0.15) is 0 Å². The van der Waals surface area contributed by atoms with Crippen molar-refractivity contribution in [3.63, 3.8) is 0 Å². The predicted molar refractivity (Wildman–Crippen MR) is 92.7 cm³/mol. The minimum absolute atomic E-state index is 0.216. The average molecular weight is 334 g/mol. The average Bonchev–Trinajstić information content (AvgIpc) is 2.92. The van der Waals surface area contributed by atoms with Crippen molar-refractivity contribution < 1.29 is 14.3 Å². The number of nitrogens with zero attached hydrogens (tertiary/aromatic N) is 1. The number of carbonyl (C=O) groups excluding carboxylic acids is 1. The highest BCUT2D eigenvalue weighted by Gasteiger charge is 2.13. The maximum Gasteiger partial charge on any atom is 0.257 e. The highest BCUT2D eigenvalue weighted by molar-refractivity contribution is 7.13. The molecule has 0 radical (unpaired) electrons. The van der Waals surface area contributed by atoms with Crippen molar-refractivity contribution in [3.05, 3.63) is 34.8 Å². The smallest absolute Gasteiger partial charge is 0.257 e. The molecule has 0 unspecified atom stereocenters. The van der Waals surface area contributed by atoms with Crippen molar-refractivity contribution in [2.75, 3.05) is 19.0 Å². The van der Waals surface area contributed by atoms with E-state index in [-0.39, 0.29) is 5.91 Å². The first kappa shape index (κ1) is 17.3. The topological polar surface area (TPSA) is 60.5 Å². The third kappa shape index (κ3) is 4.96. The molecular weight excluding hydrogens is 312 g/mol. The summed E-state index contributed by atoms with van der Waals surface area (Å²) >= 11 is 1.40. The van der Waals surface area contributed by atoms with Gasteiger partial charge in [0.05, 0.1) is 19.4 Å². The minimum atomic E-state index is -0.216. The molecule has 2 rings (SSSR count). The molecule has 2 aromatic rings. The summed E-state index contributed by atoms with van der Waals surface area (Å²) in [6, 6.07) is 5.17. The first-order valence-electron chi connectivity index (χ1n) is 7.54. The molecule has 0 spiro atoms. The van der Waals surface area contributed by atoms with Crippen LogP contribution in [0.1, 0.15) is 36.3 Å². The van der Waals surface area contributed by atoms with Crippen LogP contribution in [0, 0.1) is 12.8 Å². The minimum Gasteiger partial charge on any atom is -0.493 e. The van der Waals surface area contributed by atoms with Gasteiger partial charge >= 0.3 is 0 Å². The molecule has 23 heavy (non-hydrogen) atoms. The fraction of sp³-hybridized carbons (Fsp3) is 0.412. The highest BCUT2D eigenvalue weighted by Crippen LogP contribution is 2.29. The predicted octanol–water partition coefficient (Wildman–Crippen LogP) is 4.14. The second kappa shape index (κ2) is 7.97. The fourth-order valence-corrected chi connectivity index (χ4v) is 2.60. The van der Waals surface area contributed by atoms with Crippen molar-refractivity contribution >= 4 is 22.4 Å². The summed E-state index contributed by atoms with van der Waals surface area (Å²) in [6.07, 6.45) is 0.967. The van der Waals surface area contributed by atoms with E-state index in [2.05, 4.69) is 24.1 Å². The van der Waals surface area contributed by atoms with Gasteiger partial charge in [0, 0.05) is 10.9 Å². The summed E-state index contributed by atoms with van der Waals surface area (Å²) in [7, 11) is 1.57. The second-order valence-electron chi connectivity index (χ2n) is 5.64. The number of rotatable bonds is 7. The lowest BCUT2D eigenvalue weighted by Crippen LogP contribution is -2.12. The molecule has 0 aliphatic rings. The summed E-state index contributed by atoms with van der Waals surface area (Å²) in [5, 5.41) is 5.26. The molecule has 0 aliphatic carbocycles. The number of hydrogen-bond donors (Lipinski definition) is 1. The maximum absolute atomic E-state index is 12.3. The first-order valence-corrected chi connectivity index (χ1v) is 8.42. The summed E-state index contributed by atoms with van der Waals surface area (Å²) in [6.45, 7) is 6.80. The zero-order valence-electron chi connectivity index (χ0n) is 13.9. The first-order chi connectivity index (χ1) is 11.0. The third-order valence-electron chi connectivity index (χ3n) is 3.22. The standard InChI is InChI=1S/C17H22N2O3S/c1-11(2)7-8-22-14-6-5-13(9-15(14)21-4)16(20)19-17-18-12(3)10-23-17/h5-6,9-11H,7-8H2,1-4H3,(H,18,19,20). The lowest BCUT2D eigenvalue weighted by molar-refractivity contribution is 0.102. The van der Waals surface area contributed by atoms with E-state index in [0.29, 0.717) is 34.7 Å². The molecule has 1 aromatic carbocycles. The Balaban J connectivity index is 2.06. The van der Waals surface area contributed by atoms with E-state index >= 15 is 0 Å². The van der Waals surface area contributed by atoms with E-state index in [1.807, 2.05) is 12.3 Å². The quantitative estimate of drug-likeness (QED) is 0.827. The number of nitrogens with one attached hydrogen (secondary N) is 1. The lowest BCUT2D eigenvalue weighted by atomic mass is 10.1. The number of aryl methyl sites for hydroxylation is 1. The lowest BCUT2D eigenvalue weighted by Gasteiger charge is -2.13. The van der Waals surface area contributed by atoms with Crippen LogP contribution in [0.2, 0.25) is 0 Å². The molecule has 0 bridgehead atoms. The van der Waals surface area contributed by atoms with Gasteiger partial charge in [-0.25, -0.2) is 4.98 Å². The number of carbonyl (C=O) groups is 1. The largest absolute Gasteiger partial charge is 0.493 e. The molecule has 6 heteroatoms. The van der Waals surface area contributed by atoms with Gasteiger partial charge in [0.1, 0.15) is 0 Å². The Kier molecular flexibility index (Phi) is 5.98. The van der Waals surface area contributed by atoms with Crippen LogP contribution < -0.4 is 14.8 Å². The summed E-state index contributed by atoms with van der Waals surface area (Å²) < 4.78 is 11.1. The Morgan fingerprint density at radius 1 is 1.35 bits per heavy atom. The van der Waals surface area contributed by atoms with Gasteiger partial charge in [-0.1, -0.05) is 13.8 Å². The van der Waals surface area contributed by atoms with E-state index in [4.69, 9.17) is 9.47 Å². The van der Waals surface area contributed by atoms with Crippen LogP contribution >= 0.6 is 11.3 Å². The van der Waals surface area contributed by atoms with Crippen molar-refractivity contribution in [1.29, 1.82) is 0 Å². The SMILES string of the molecule is COc1cc(C(=O)Nc2nc(C)cs2)ccc1OCCC(C)C. The number of anilines is 1. The van der Waals surface area contributed by atoms with Crippen LogP contribution in [0.3, 0.4) is 0 Å². The van der Waals surface area contributed by atoms with Crippen LogP contribution in [0.25, 0.3) is 0 Å². The van der Waals surface area contributed by atoms with Gasteiger partial charge in [-0.05, 0) is 37.5 Å². The number of ether oxygens (including phenoxy) is 2. The molecule has 5 nitrogen and oxygen atoms in total. The Labute approximate surface area is 140 Å². The molecule has 1 heterocycles. The van der Waals surface area contributed by atoms with Crippen molar-refractivity contribution in [3.8, 4) is 11.5 Å². The molecule has 1 aromatic heterocycles. The number of amides is 1. The molecule has 124 valence electrons. The number of methoxy groups -OCH3 is 1. The van der Waals surface area contributed by atoms with Crippen LogP contribution in [0.5, 0.6) is 11.5 Å². The number of aromatic nitrogens is 1. The van der Waals surface area contributed by atoms with E-state index in [1.54, 1.807) is 25.3 Å². The van der Waals surface area contributed by atoms with Gasteiger partial charge in [-0.3, -0.25) is 10.1 Å². The van der Waals surface area contributed by atoms with E-state index in [1.165, 1.54) is 11.3 Å². The Morgan fingerprint density at radius 2 is 2.13 bits per heavy atom. The van der Waals surface area contributed by atoms with Crippen LogP contribution in [-0.2, 0) is 0 Å². The zero-order chi connectivity index (χ0) is 16.8. The zero-order valence-corrected chi connectivity index (χ0v) is 14.7. The van der Waals surface area contributed by atoms with E-state index < -0.39 is 0 Å². The van der Waals surface area contributed by atoms with Gasteiger partial charge in [0.25, 0.3) is 5.91 Å². The van der Waals surface area contributed by atoms with Crippen molar-refractivity contribution in [2.45, 2.75) is 27.2 Å². The molecular formula is C17H22N2O3S. The summed E-state index contributed by atoms with van der Waals surface area (Å²) in [4.78, 5) is 16.5. The van der Waals surface area contributed by atoms with Gasteiger partial charge in [-0.15, -0.1) is 11.3 Å². The monoisotopic (exact) mass is 334 g/mol. The molecule has 0 saturated heterocycles. The number of hydrogen-bond acceptors (Lipinski definition) is 5. The molecule has 1 amide bonds. The van der Waals surface area contributed by atoms with Crippen LogP contribution in [-0.4, -0.2) is 24.6 Å². The third-order valence-corrected chi connectivity index (χ3v) is 4.09. The Hall–Kier alpha value is -2.08. The number of benzene rings is 1. The second-order valence-corrected chi connectivity index (χ2v) is 6.50. The molecule has 0 fully saturated rings. The van der Waals surface area contributed by atoms with Crippen molar-refractivity contribution in [2.24, 2.45) is 5.92 Å². The van der Waals surface area contributed by atoms with Gasteiger partial charge in [0.2, 0.25) is 0 Å². The van der Waals surface area contributed by atoms with Gasteiger partial charge < -0.3 is 9.47 Å². The Bertz CT molecular complexity index is 668. The molecule has 0 atom stereocenters. The van der Waals surface area contributed by atoms with Crippen molar-refractivity contribution in [1.82, 2.24) is 4.98 Å². The van der Waals surface area contributed by atoms with Crippen LogP contribution in [0.15, 0.2) is 23.6 Å². The van der Waals surface area contributed by atoms with E-state index in [0.717, 1.165) is 12.1 Å². The molecule has 1 N–H and O–H groups in total. The maximum atomic E-state index is 12.3. The normalized spacial score (nSPS) is 10.7. The summed E-state index contributed by atoms with van der Waals surface area (Å²) in [5.74, 6) is 1.56. The van der Waals surface area contributed by atoms with Crippen LogP contribution in [0.4, 0.5) is 5.13 Å². The summed E-state index contributed by atoms with van der Waals surface area (Å²) in [5.41, 5.74) is 1.39. The van der Waals surface area contributed by atoms with E-state index in [9.17, 15) is 4.79 Å². The highest BCUT2D eigenvalue weighted by atomic mass is 32.1. The van der Waals surface area contributed by atoms with Gasteiger partial charge in [0.15, 0.2) is 16.6 Å². The number of thiazole rings is 1.